The zero-order valence-electron chi connectivity index (χ0n) is 14.6. The van der Waals surface area contributed by atoms with E-state index in [1.807, 2.05) is 41.8 Å². The van der Waals surface area contributed by atoms with Crippen LogP contribution in [0.15, 0.2) is 46.3 Å². The lowest BCUT2D eigenvalue weighted by Crippen LogP contribution is -2.25. The largest absolute Gasteiger partial charge is 0.352 e. The van der Waals surface area contributed by atoms with Crippen LogP contribution in [0.1, 0.15) is 42.6 Å². The maximum absolute atomic E-state index is 12.2. The Labute approximate surface area is 151 Å². The Morgan fingerprint density at radius 1 is 1.20 bits per heavy atom. The number of carbonyl (C=O) groups is 1. The average Bonchev–Trinajstić information content (AvgIpc) is 3.25. The minimum Gasteiger partial charge on any atom is -0.352 e. The van der Waals surface area contributed by atoms with Gasteiger partial charge in [0.05, 0.1) is 4.88 Å². The fraction of sp³-hybridized carbons (Fsp3) is 0.316. The van der Waals surface area contributed by atoms with Crippen LogP contribution in [0.3, 0.4) is 0 Å². The van der Waals surface area contributed by atoms with Crippen molar-refractivity contribution in [2.24, 2.45) is 0 Å². The first kappa shape index (κ1) is 17.4. The molecular weight excluding hydrogens is 334 g/mol. The molecule has 3 aromatic rings. The fourth-order valence-corrected chi connectivity index (χ4v) is 3.02. The number of nitrogens with zero attached hydrogens (tertiary/aromatic N) is 2. The molecule has 130 valence electrons. The number of hydrogen-bond acceptors (Lipinski definition) is 5. The van der Waals surface area contributed by atoms with Crippen molar-refractivity contribution in [2.45, 2.75) is 32.6 Å². The molecule has 0 radical (unpaired) electrons. The normalized spacial score (nSPS) is 11.5. The molecule has 6 heteroatoms. The average molecular weight is 355 g/mol. The molecule has 5 nitrogen and oxygen atoms in total. The first-order valence-electron chi connectivity index (χ1n) is 8.19. The molecule has 0 atom stereocenters. The third-order valence-electron chi connectivity index (χ3n) is 3.85. The van der Waals surface area contributed by atoms with E-state index in [1.54, 1.807) is 11.3 Å². The SMILES string of the molecule is CC(C)(C)c1ccc(C(=O)NCCc2nc(-c3cccs3)no2)cc1. The van der Waals surface area contributed by atoms with Crippen LogP contribution >= 0.6 is 11.3 Å². The van der Waals surface area contributed by atoms with Gasteiger partial charge in [-0.3, -0.25) is 4.79 Å². The van der Waals surface area contributed by atoms with Gasteiger partial charge in [0.15, 0.2) is 0 Å². The van der Waals surface area contributed by atoms with Gasteiger partial charge in [0.25, 0.3) is 5.91 Å². The quantitative estimate of drug-likeness (QED) is 0.749. The van der Waals surface area contributed by atoms with Gasteiger partial charge in [0, 0.05) is 18.5 Å². The summed E-state index contributed by atoms with van der Waals surface area (Å²) < 4.78 is 5.22. The van der Waals surface area contributed by atoms with Crippen LogP contribution < -0.4 is 5.32 Å². The number of carbonyl (C=O) groups excluding carboxylic acids is 1. The molecule has 1 amide bonds. The Hall–Kier alpha value is -2.47. The van der Waals surface area contributed by atoms with Crippen molar-refractivity contribution in [1.29, 1.82) is 0 Å². The highest BCUT2D eigenvalue weighted by Gasteiger charge is 2.14. The van der Waals surface area contributed by atoms with Gasteiger partial charge in [-0.05, 0) is 34.6 Å². The molecule has 2 aromatic heterocycles. The topological polar surface area (TPSA) is 68.0 Å². The molecule has 25 heavy (non-hydrogen) atoms. The van der Waals surface area contributed by atoms with Gasteiger partial charge in [0.1, 0.15) is 0 Å². The van der Waals surface area contributed by atoms with Gasteiger partial charge in [-0.2, -0.15) is 4.98 Å². The lowest BCUT2D eigenvalue weighted by atomic mass is 9.87. The molecule has 0 spiro atoms. The van der Waals surface area contributed by atoms with Crippen molar-refractivity contribution >= 4 is 17.2 Å². The van der Waals surface area contributed by atoms with E-state index in [-0.39, 0.29) is 11.3 Å². The summed E-state index contributed by atoms with van der Waals surface area (Å²) in [6.45, 7) is 6.90. The Morgan fingerprint density at radius 3 is 2.60 bits per heavy atom. The van der Waals surface area contributed by atoms with Crippen LogP contribution in [0.5, 0.6) is 0 Å². The molecule has 0 fully saturated rings. The zero-order valence-corrected chi connectivity index (χ0v) is 15.4. The predicted octanol–water partition coefficient (Wildman–Crippen LogP) is 4.07. The number of rotatable bonds is 5. The Kier molecular flexibility index (Phi) is 4.99. The van der Waals surface area contributed by atoms with Crippen LogP contribution in [0.25, 0.3) is 10.7 Å². The van der Waals surface area contributed by atoms with Gasteiger partial charge in [-0.15, -0.1) is 11.3 Å². The van der Waals surface area contributed by atoms with Crippen molar-refractivity contribution < 1.29 is 9.32 Å². The molecule has 0 aliphatic carbocycles. The van der Waals surface area contributed by atoms with Crippen LogP contribution in [0.2, 0.25) is 0 Å². The number of amides is 1. The molecule has 1 N–H and O–H groups in total. The summed E-state index contributed by atoms with van der Waals surface area (Å²) in [5.74, 6) is 1.01. The number of aromatic nitrogens is 2. The van der Waals surface area contributed by atoms with E-state index in [0.29, 0.717) is 30.2 Å². The van der Waals surface area contributed by atoms with Crippen molar-refractivity contribution in [1.82, 2.24) is 15.5 Å². The van der Waals surface area contributed by atoms with E-state index >= 15 is 0 Å². The van der Waals surface area contributed by atoms with Gasteiger partial charge in [0.2, 0.25) is 11.7 Å². The fourth-order valence-electron chi connectivity index (χ4n) is 2.37. The molecule has 3 rings (SSSR count). The van der Waals surface area contributed by atoms with Crippen molar-refractivity contribution in [2.75, 3.05) is 6.54 Å². The smallest absolute Gasteiger partial charge is 0.251 e. The van der Waals surface area contributed by atoms with Crippen molar-refractivity contribution in [3.05, 3.63) is 58.8 Å². The summed E-state index contributed by atoms with van der Waals surface area (Å²) in [5, 5.41) is 8.81. The molecule has 0 unspecified atom stereocenters. The van der Waals surface area contributed by atoms with E-state index in [2.05, 4.69) is 36.2 Å². The standard InChI is InChI=1S/C19H21N3O2S/c1-19(2,3)14-8-6-13(7-9-14)18(23)20-11-10-16-21-17(22-24-16)15-5-4-12-25-15/h4-9,12H,10-11H2,1-3H3,(H,20,23). The van der Waals surface area contributed by atoms with Crippen LogP contribution in [-0.4, -0.2) is 22.6 Å². The monoisotopic (exact) mass is 355 g/mol. The zero-order chi connectivity index (χ0) is 17.9. The first-order chi connectivity index (χ1) is 11.9. The van der Waals surface area contributed by atoms with E-state index < -0.39 is 0 Å². The molecular formula is C19H21N3O2S. The second kappa shape index (κ2) is 7.19. The number of benzene rings is 1. The molecule has 2 heterocycles. The number of thiophene rings is 1. The van der Waals surface area contributed by atoms with E-state index in [9.17, 15) is 4.79 Å². The summed E-state index contributed by atoms with van der Waals surface area (Å²) >= 11 is 1.56. The number of nitrogens with one attached hydrogen (secondary N) is 1. The van der Waals surface area contributed by atoms with Crippen LogP contribution in [0.4, 0.5) is 0 Å². The minimum atomic E-state index is -0.0987. The lowest BCUT2D eigenvalue weighted by Gasteiger charge is -2.19. The highest BCUT2D eigenvalue weighted by Crippen LogP contribution is 2.22. The third-order valence-corrected chi connectivity index (χ3v) is 4.71. The lowest BCUT2D eigenvalue weighted by molar-refractivity contribution is 0.0953. The summed E-state index contributed by atoms with van der Waals surface area (Å²) in [6, 6.07) is 11.6. The summed E-state index contributed by atoms with van der Waals surface area (Å²) in [4.78, 5) is 17.5. The summed E-state index contributed by atoms with van der Waals surface area (Å²) in [7, 11) is 0. The van der Waals surface area contributed by atoms with Crippen LogP contribution in [-0.2, 0) is 11.8 Å². The second-order valence-corrected chi connectivity index (χ2v) is 7.77. The van der Waals surface area contributed by atoms with Gasteiger partial charge in [-0.1, -0.05) is 44.1 Å². The van der Waals surface area contributed by atoms with Gasteiger partial charge < -0.3 is 9.84 Å². The second-order valence-electron chi connectivity index (χ2n) is 6.82. The molecule has 0 aliphatic rings. The Balaban J connectivity index is 1.53. The molecule has 0 aliphatic heterocycles. The molecule has 0 saturated carbocycles. The van der Waals surface area contributed by atoms with E-state index in [1.165, 1.54) is 5.56 Å². The van der Waals surface area contributed by atoms with Crippen molar-refractivity contribution in [3.63, 3.8) is 0 Å². The van der Waals surface area contributed by atoms with Gasteiger partial charge in [-0.25, -0.2) is 0 Å². The minimum absolute atomic E-state index is 0.0766. The third kappa shape index (κ3) is 4.33. The number of hydrogen-bond donors (Lipinski definition) is 1. The molecule has 1 aromatic carbocycles. The molecule has 0 bridgehead atoms. The Bertz CT molecular complexity index is 830. The highest BCUT2D eigenvalue weighted by atomic mass is 32.1. The maximum atomic E-state index is 12.2. The predicted molar refractivity (Wildman–Crippen MR) is 98.8 cm³/mol. The maximum Gasteiger partial charge on any atom is 0.251 e. The molecule has 0 saturated heterocycles. The summed E-state index contributed by atoms with van der Waals surface area (Å²) in [6.07, 6.45) is 0.504. The van der Waals surface area contributed by atoms with Crippen LogP contribution in [0, 0.1) is 0 Å². The van der Waals surface area contributed by atoms with Gasteiger partial charge >= 0.3 is 0 Å². The van der Waals surface area contributed by atoms with Crippen molar-refractivity contribution in [3.8, 4) is 10.7 Å². The first-order valence-corrected chi connectivity index (χ1v) is 9.06. The van der Waals surface area contributed by atoms with E-state index in [4.69, 9.17) is 4.52 Å². The van der Waals surface area contributed by atoms with E-state index in [0.717, 1.165) is 4.88 Å². The highest BCUT2D eigenvalue weighted by molar-refractivity contribution is 7.13. The Morgan fingerprint density at radius 2 is 1.96 bits per heavy atom. The summed E-state index contributed by atoms with van der Waals surface area (Å²) in [5.41, 5.74) is 1.93.